The van der Waals surface area contributed by atoms with E-state index in [4.69, 9.17) is 21.9 Å². The van der Waals surface area contributed by atoms with Gasteiger partial charge in [-0.2, -0.15) is 36.9 Å². The third-order valence-electron chi connectivity index (χ3n) is 5.79. The number of nitrogens with zero attached hydrogens (tertiary/aromatic N) is 5. The van der Waals surface area contributed by atoms with Crippen LogP contribution in [-0.2, 0) is 20.2 Å². The number of azo groups is 1. The molecule has 4 aromatic carbocycles. The second-order valence-electron chi connectivity index (χ2n) is 8.76. The number of fused-ring (bicyclic) bond motifs is 1. The molecule has 15 nitrogen and oxygen atoms in total. The summed E-state index contributed by atoms with van der Waals surface area (Å²) in [5.41, 5.74) is 7.64. The minimum Gasteiger partial charge on any atom is -0.507 e. The maximum absolute atomic E-state index is 11.6. The highest BCUT2D eigenvalue weighted by atomic mass is 35.5. The van der Waals surface area contributed by atoms with Crippen LogP contribution in [0.2, 0.25) is 5.28 Å². The number of phenols is 1. The minimum absolute atomic E-state index is 0.0587. The van der Waals surface area contributed by atoms with Crippen molar-refractivity contribution in [1.82, 2.24) is 15.0 Å². The lowest BCUT2D eigenvalue weighted by atomic mass is 10.1. The smallest absolute Gasteiger partial charge is 0.294 e. The molecule has 5 aromatic rings. The summed E-state index contributed by atoms with van der Waals surface area (Å²) in [6.07, 6.45) is 0. The van der Waals surface area contributed by atoms with Crippen molar-refractivity contribution in [3.63, 3.8) is 0 Å². The number of aromatic nitrogens is 3. The summed E-state index contributed by atoms with van der Waals surface area (Å²) in [7, 11) is -8.94. The van der Waals surface area contributed by atoms with E-state index >= 15 is 0 Å². The van der Waals surface area contributed by atoms with E-state index in [1.165, 1.54) is 36.4 Å². The Morgan fingerprint density at radius 1 is 0.698 bits per heavy atom. The summed E-state index contributed by atoms with van der Waals surface area (Å²) in [4.78, 5) is 11.4. The molecule has 0 atom stereocenters. The number of halogens is 1. The van der Waals surface area contributed by atoms with Crippen LogP contribution in [0.1, 0.15) is 0 Å². The summed E-state index contributed by atoms with van der Waals surface area (Å²) in [5.74, 6) is -0.239. The van der Waals surface area contributed by atoms with Crippen LogP contribution in [0.25, 0.3) is 10.8 Å². The molecule has 0 aliphatic rings. The fraction of sp³-hybridized carbons (Fsp3) is 0. The van der Waals surface area contributed by atoms with Gasteiger partial charge in [0.25, 0.3) is 20.2 Å². The molecular formula is C25H19ClN8O7S2. The lowest BCUT2D eigenvalue weighted by Gasteiger charge is -2.09. The number of benzene rings is 4. The van der Waals surface area contributed by atoms with Gasteiger partial charge in [0.15, 0.2) is 0 Å². The Labute approximate surface area is 248 Å². The molecule has 0 bridgehead atoms. The summed E-state index contributed by atoms with van der Waals surface area (Å²) >= 11 is 6.04. The van der Waals surface area contributed by atoms with Gasteiger partial charge in [-0.25, -0.2) is 0 Å². The molecule has 0 aliphatic carbocycles. The van der Waals surface area contributed by atoms with Gasteiger partial charge in [0, 0.05) is 28.2 Å². The molecule has 1 aromatic heterocycles. The van der Waals surface area contributed by atoms with E-state index in [0.717, 1.165) is 12.1 Å². The van der Waals surface area contributed by atoms with E-state index < -0.39 is 25.1 Å². The maximum Gasteiger partial charge on any atom is 0.294 e. The second kappa shape index (κ2) is 11.4. The fourth-order valence-electron chi connectivity index (χ4n) is 3.80. The SMILES string of the molecule is Nc1ccc2c(O)cc(S(=O)(=O)O)cc2c1N=Nc1ccc(Nc2nc(Cl)nc(Nc3ccc(S(=O)(=O)O)cc3)n2)cc1. The van der Waals surface area contributed by atoms with E-state index in [0.29, 0.717) is 17.1 Å². The molecule has 5 rings (SSSR count). The number of aromatic hydroxyl groups is 1. The first-order chi connectivity index (χ1) is 20.3. The van der Waals surface area contributed by atoms with E-state index in [-0.39, 0.29) is 50.0 Å². The molecule has 0 aliphatic heterocycles. The highest BCUT2D eigenvalue weighted by Gasteiger charge is 2.17. The molecule has 0 saturated carbocycles. The number of nitrogens with one attached hydrogen (secondary N) is 2. The number of nitrogens with two attached hydrogens (primary N) is 1. The van der Waals surface area contributed by atoms with Gasteiger partial charge in [0.1, 0.15) is 11.4 Å². The molecule has 220 valence electrons. The maximum atomic E-state index is 11.6. The first-order valence-corrected chi connectivity index (χ1v) is 15.1. The van der Waals surface area contributed by atoms with Gasteiger partial charge in [-0.3, -0.25) is 9.11 Å². The van der Waals surface area contributed by atoms with Gasteiger partial charge in [-0.1, -0.05) is 0 Å². The normalized spacial score (nSPS) is 12.1. The zero-order chi connectivity index (χ0) is 30.9. The quantitative estimate of drug-likeness (QED) is 0.0709. The number of nitrogen functional groups attached to an aromatic ring is 1. The third-order valence-corrected chi connectivity index (χ3v) is 7.66. The van der Waals surface area contributed by atoms with E-state index in [2.05, 4.69) is 35.8 Å². The molecule has 0 radical (unpaired) electrons. The molecule has 0 fully saturated rings. The Morgan fingerprint density at radius 3 is 1.81 bits per heavy atom. The summed E-state index contributed by atoms with van der Waals surface area (Å²) in [5, 5.41) is 24.7. The summed E-state index contributed by atoms with van der Waals surface area (Å²) in [6.45, 7) is 0. The van der Waals surface area contributed by atoms with Crippen molar-refractivity contribution in [3.8, 4) is 5.75 Å². The van der Waals surface area contributed by atoms with Gasteiger partial charge in [0.05, 0.1) is 21.2 Å². The van der Waals surface area contributed by atoms with Crippen molar-refractivity contribution in [2.75, 3.05) is 16.4 Å². The largest absolute Gasteiger partial charge is 0.507 e. The zero-order valence-corrected chi connectivity index (χ0v) is 23.8. The van der Waals surface area contributed by atoms with Crippen LogP contribution < -0.4 is 16.4 Å². The van der Waals surface area contributed by atoms with Crippen LogP contribution in [0.4, 0.5) is 40.3 Å². The lowest BCUT2D eigenvalue weighted by molar-refractivity contribution is 0.471. The molecule has 0 saturated heterocycles. The Balaban J connectivity index is 1.34. The number of rotatable bonds is 8. The monoisotopic (exact) mass is 642 g/mol. The third kappa shape index (κ3) is 6.93. The average molecular weight is 643 g/mol. The Kier molecular flexibility index (Phi) is 7.82. The predicted octanol–water partition coefficient (Wildman–Crippen LogP) is 5.36. The molecule has 0 spiro atoms. The first kappa shape index (κ1) is 29.5. The summed E-state index contributed by atoms with van der Waals surface area (Å²) in [6, 6.07) is 16.7. The minimum atomic E-state index is -4.61. The van der Waals surface area contributed by atoms with Crippen LogP contribution in [0.3, 0.4) is 0 Å². The number of hydrogen-bond donors (Lipinski definition) is 6. The predicted molar refractivity (Wildman–Crippen MR) is 158 cm³/mol. The van der Waals surface area contributed by atoms with Crippen molar-refractivity contribution < 1.29 is 31.0 Å². The molecule has 1 heterocycles. The topological polar surface area (TPSA) is 242 Å². The second-order valence-corrected chi connectivity index (χ2v) is 11.9. The Hall–Kier alpha value is -4.94. The van der Waals surface area contributed by atoms with Crippen LogP contribution >= 0.6 is 11.6 Å². The van der Waals surface area contributed by atoms with Gasteiger partial charge >= 0.3 is 0 Å². The van der Waals surface area contributed by atoms with Crippen molar-refractivity contribution in [3.05, 3.63) is 78.1 Å². The molecule has 18 heteroatoms. The highest BCUT2D eigenvalue weighted by Crippen LogP contribution is 2.39. The fourth-order valence-corrected chi connectivity index (χ4v) is 4.97. The lowest BCUT2D eigenvalue weighted by Crippen LogP contribution is -2.04. The Bertz CT molecular complexity index is 2110. The standard InChI is InChI=1S/C25H19ClN8O7S2/c26-23-30-24(32-25(31-23)29-14-5-7-16(8-6-14)42(36,37)38)28-13-1-3-15(4-2-13)33-34-22-19-11-17(43(39,40)41)12-21(35)18(19)9-10-20(22)27/h1-12,35H,27H2,(H,36,37,38)(H,39,40,41)(H2,28,29,30,31,32). The van der Waals surface area contributed by atoms with Gasteiger partial charge in [-0.05, 0) is 78.3 Å². The van der Waals surface area contributed by atoms with E-state index in [9.17, 15) is 26.5 Å². The number of phenolic OH excluding ortho intramolecular Hbond substituents is 1. The summed E-state index contributed by atoms with van der Waals surface area (Å²) < 4.78 is 64.3. The number of anilines is 5. The van der Waals surface area contributed by atoms with Gasteiger partial charge in [-0.15, -0.1) is 5.11 Å². The van der Waals surface area contributed by atoms with Crippen LogP contribution in [0, 0.1) is 0 Å². The van der Waals surface area contributed by atoms with Crippen LogP contribution in [0.5, 0.6) is 5.75 Å². The van der Waals surface area contributed by atoms with Crippen LogP contribution in [-0.4, -0.2) is 46.0 Å². The molecule has 7 N–H and O–H groups in total. The van der Waals surface area contributed by atoms with Gasteiger partial charge < -0.3 is 21.5 Å². The van der Waals surface area contributed by atoms with Crippen molar-refractivity contribution >= 4 is 82.9 Å². The molecule has 0 amide bonds. The average Bonchev–Trinajstić information content (AvgIpc) is 2.92. The van der Waals surface area contributed by atoms with E-state index in [1.807, 2.05) is 0 Å². The van der Waals surface area contributed by atoms with Crippen molar-refractivity contribution in [1.29, 1.82) is 0 Å². The number of hydrogen-bond acceptors (Lipinski definition) is 13. The van der Waals surface area contributed by atoms with Crippen LogP contribution in [0.15, 0.2) is 92.8 Å². The zero-order valence-electron chi connectivity index (χ0n) is 21.4. The van der Waals surface area contributed by atoms with E-state index in [1.54, 1.807) is 24.3 Å². The Morgan fingerprint density at radius 2 is 1.26 bits per heavy atom. The highest BCUT2D eigenvalue weighted by molar-refractivity contribution is 7.86. The molecule has 43 heavy (non-hydrogen) atoms. The molecular weight excluding hydrogens is 624 g/mol. The van der Waals surface area contributed by atoms with Gasteiger partial charge in [0.2, 0.25) is 17.2 Å². The van der Waals surface area contributed by atoms with Crippen molar-refractivity contribution in [2.24, 2.45) is 10.2 Å². The molecule has 0 unspecified atom stereocenters. The first-order valence-electron chi connectivity index (χ1n) is 11.8. The van der Waals surface area contributed by atoms with Crippen molar-refractivity contribution in [2.45, 2.75) is 9.79 Å².